The van der Waals surface area contributed by atoms with Crippen molar-refractivity contribution in [2.45, 2.75) is 20.8 Å². The maximum atomic E-state index is 11.4. The molecule has 6 heteroatoms. The first-order valence-corrected chi connectivity index (χ1v) is 6.75. The van der Waals surface area contributed by atoms with Crippen LogP contribution in [0.2, 0.25) is 0 Å². The van der Waals surface area contributed by atoms with E-state index >= 15 is 0 Å². The number of ether oxygens (including phenoxy) is 1. The summed E-state index contributed by atoms with van der Waals surface area (Å²) < 4.78 is 5.51. The number of carbonyl (C=O) groups is 1. The van der Waals surface area contributed by atoms with Gasteiger partial charge in [0.15, 0.2) is 0 Å². The van der Waals surface area contributed by atoms with E-state index in [1.807, 2.05) is 19.9 Å². The molecule has 0 N–H and O–H groups in total. The normalized spacial score (nSPS) is 10.8. The first kappa shape index (κ1) is 15.6. The first-order valence-electron chi connectivity index (χ1n) is 6.75. The van der Waals surface area contributed by atoms with Crippen LogP contribution in [0.1, 0.15) is 26.5 Å². The van der Waals surface area contributed by atoms with Crippen molar-refractivity contribution in [1.82, 2.24) is 15.0 Å². The van der Waals surface area contributed by atoms with E-state index in [1.54, 1.807) is 24.5 Å². The zero-order chi connectivity index (χ0) is 16.2. The van der Waals surface area contributed by atoms with E-state index in [4.69, 9.17) is 10.00 Å². The SMILES string of the molecule is CC(=O)C(C)(C)COc1cnc(-c2ccc(C#N)nc2)cn1. The minimum Gasteiger partial charge on any atom is -0.476 e. The quantitative estimate of drug-likeness (QED) is 0.841. The van der Waals surface area contributed by atoms with Gasteiger partial charge in [0.25, 0.3) is 0 Å². The number of nitrogens with zero attached hydrogens (tertiary/aromatic N) is 4. The van der Waals surface area contributed by atoms with Gasteiger partial charge in [0, 0.05) is 11.8 Å². The Morgan fingerprint density at radius 2 is 2.00 bits per heavy atom. The van der Waals surface area contributed by atoms with E-state index in [2.05, 4.69) is 15.0 Å². The Hall–Kier alpha value is -2.81. The number of hydrogen-bond donors (Lipinski definition) is 0. The molecule has 0 spiro atoms. The van der Waals surface area contributed by atoms with Gasteiger partial charge in [0.05, 0.1) is 23.5 Å². The van der Waals surface area contributed by atoms with Crippen molar-refractivity contribution in [2.24, 2.45) is 5.41 Å². The van der Waals surface area contributed by atoms with Gasteiger partial charge < -0.3 is 4.74 Å². The van der Waals surface area contributed by atoms with Crippen LogP contribution < -0.4 is 4.74 Å². The molecule has 0 saturated carbocycles. The second-order valence-corrected chi connectivity index (χ2v) is 5.51. The Balaban J connectivity index is 2.07. The number of pyridine rings is 1. The molecule has 6 nitrogen and oxygen atoms in total. The van der Waals surface area contributed by atoms with E-state index < -0.39 is 5.41 Å². The van der Waals surface area contributed by atoms with E-state index in [0.717, 1.165) is 5.56 Å². The molecule has 0 atom stereocenters. The standard InChI is InChI=1S/C16H16N4O2/c1-11(21)16(2,3)10-22-15-9-19-14(8-20-15)12-4-5-13(6-17)18-7-12/h4-5,7-9H,10H2,1-3H3. The highest BCUT2D eigenvalue weighted by Crippen LogP contribution is 2.20. The third-order valence-corrected chi connectivity index (χ3v) is 3.34. The predicted molar refractivity (Wildman–Crippen MR) is 79.9 cm³/mol. The van der Waals surface area contributed by atoms with Gasteiger partial charge in [-0.3, -0.25) is 4.79 Å². The van der Waals surface area contributed by atoms with Crippen LogP contribution in [0.15, 0.2) is 30.7 Å². The van der Waals surface area contributed by atoms with Gasteiger partial charge in [-0.15, -0.1) is 0 Å². The molecule has 2 aromatic heterocycles. The average Bonchev–Trinajstić information content (AvgIpc) is 2.53. The molecular formula is C16H16N4O2. The van der Waals surface area contributed by atoms with E-state index in [-0.39, 0.29) is 12.4 Å². The van der Waals surface area contributed by atoms with Gasteiger partial charge in [0.1, 0.15) is 24.2 Å². The summed E-state index contributed by atoms with van der Waals surface area (Å²) in [5.74, 6) is 0.417. The van der Waals surface area contributed by atoms with Gasteiger partial charge in [-0.05, 0) is 32.9 Å². The zero-order valence-electron chi connectivity index (χ0n) is 12.7. The first-order chi connectivity index (χ1) is 10.4. The Morgan fingerprint density at radius 1 is 1.23 bits per heavy atom. The number of ketones is 1. The molecule has 2 aromatic rings. The van der Waals surface area contributed by atoms with Crippen LogP contribution >= 0.6 is 0 Å². The summed E-state index contributed by atoms with van der Waals surface area (Å²) in [5, 5.41) is 8.72. The molecule has 0 aliphatic rings. The van der Waals surface area contributed by atoms with Crippen LogP contribution in [0.5, 0.6) is 5.88 Å². The smallest absolute Gasteiger partial charge is 0.232 e. The Labute approximate surface area is 128 Å². The van der Waals surface area contributed by atoms with Crippen molar-refractivity contribution in [3.05, 3.63) is 36.4 Å². The molecular weight excluding hydrogens is 280 g/mol. The average molecular weight is 296 g/mol. The molecule has 0 amide bonds. The summed E-state index contributed by atoms with van der Waals surface area (Å²) in [7, 11) is 0. The van der Waals surface area contributed by atoms with Crippen LogP contribution in [0.4, 0.5) is 0 Å². The molecule has 0 unspecified atom stereocenters. The molecule has 2 heterocycles. The van der Waals surface area contributed by atoms with Crippen molar-refractivity contribution in [1.29, 1.82) is 5.26 Å². The summed E-state index contributed by atoms with van der Waals surface area (Å²) in [4.78, 5) is 23.8. The zero-order valence-corrected chi connectivity index (χ0v) is 12.7. The fraction of sp³-hybridized carbons (Fsp3) is 0.312. The Kier molecular flexibility index (Phi) is 4.47. The highest BCUT2D eigenvalue weighted by molar-refractivity contribution is 5.81. The number of hydrogen-bond acceptors (Lipinski definition) is 6. The van der Waals surface area contributed by atoms with Gasteiger partial charge in [-0.1, -0.05) is 0 Å². The molecule has 2 rings (SSSR count). The minimum absolute atomic E-state index is 0.0562. The maximum Gasteiger partial charge on any atom is 0.232 e. The van der Waals surface area contributed by atoms with E-state index in [1.165, 1.54) is 13.1 Å². The van der Waals surface area contributed by atoms with Gasteiger partial charge in [0.2, 0.25) is 5.88 Å². The van der Waals surface area contributed by atoms with E-state index in [9.17, 15) is 4.79 Å². The molecule has 0 bridgehead atoms. The maximum absolute atomic E-state index is 11.4. The number of rotatable bonds is 5. The van der Waals surface area contributed by atoms with Crippen LogP contribution in [0.25, 0.3) is 11.3 Å². The summed E-state index contributed by atoms with van der Waals surface area (Å²) >= 11 is 0. The third-order valence-electron chi connectivity index (χ3n) is 3.34. The van der Waals surface area contributed by atoms with Gasteiger partial charge >= 0.3 is 0 Å². The summed E-state index contributed by atoms with van der Waals surface area (Å²) in [5.41, 5.74) is 1.19. The number of aromatic nitrogens is 3. The number of nitriles is 1. The summed E-state index contributed by atoms with van der Waals surface area (Å²) in [6.45, 7) is 5.42. The lowest BCUT2D eigenvalue weighted by molar-refractivity contribution is -0.126. The number of Topliss-reactive ketones (excluding diaryl/α,β-unsaturated/α-hetero) is 1. The van der Waals surface area contributed by atoms with Crippen LogP contribution in [-0.2, 0) is 4.79 Å². The van der Waals surface area contributed by atoms with Gasteiger partial charge in [-0.2, -0.15) is 5.26 Å². The highest BCUT2D eigenvalue weighted by atomic mass is 16.5. The minimum atomic E-state index is -0.558. The van der Waals surface area contributed by atoms with Crippen molar-refractivity contribution in [3.8, 4) is 23.2 Å². The fourth-order valence-electron chi connectivity index (χ4n) is 1.51. The van der Waals surface area contributed by atoms with Crippen LogP contribution in [-0.4, -0.2) is 27.3 Å². The molecule has 0 aliphatic carbocycles. The highest BCUT2D eigenvalue weighted by Gasteiger charge is 2.24. The number of carbonyl (C=O) groups excluding carboxylic acids is 1. The lowest BCUT2D eigenvalue weighted by atomic mass is 9.90. The molecule has 0 saturated heterocycles. The molecule has 0 aliphatic heterocycles. The Morgan fingerprint density at radius 3 is 2.50 bits per heavy atom. The molecule has 0 radical (unpaired) electrons. The van der Waals surface area contributed by atoms with Gasteiger partial charge in [-0.25, -0.2) is 15.0 Å². The van der Waals surface area contributed by atoms with Crippen molar-refractivity contribution < 1.29 is 9.53 Å². The lowest BCUT2D eigenvalue weighted by Gasteiger charge is -2.20. The second kappa shape index (κ2) is 6.31. The lowest BCUT2D eigenvalue weighted by Crippen LogP contribution is -2.29. The second-order valence-electron chi connectivity index (χ2n) is 5.51. The largest absolute Gasteiger partial charge is 0.476 e. The summed E-state index contributed by atoms with van der Waals surface area (Å²) in [6.07, 6.45) is 4.64. The van der Waals surface area contributed by atoms with Crippen molar-refractivity contribution >= 4 is 5.78 Å². The monoisotopic (exact) mass is 296 g/mol. The Bertz CT molecular complexity index is 700. The van der Waals surface area contributed by atoms with Crippen LogP contribution in [0.3, 0.4) is 0 Å². The third kappa shape index (κ3) is 3.64. The van der Waals surface area contributed by atoms with Crippen LogP contribution in [0, 0.1) is 16.7 Å². The molecule has 22 heavy (non-hydrogen) atoms. The molecule has 112 valence electrons. The summed E-state index contributed by atoms with van der Waals surface area (Å²) in [6, 6.07) is 5.34. The van der Waals surface area contributed by atoms with E-state index in [0.29, 0.717) is 17.3 Å². The fourth-order valence-corrected chi connectivity index (χ4v) is 1.51. The molecule has 0 fully saturated rings. The molecule has 0 aromatic carbocycles. The topological polar surface area (TPSA) is 88.8 Å². The van der Waals surface area contributed by atoms with Crippen molar-refractivity contribution in [3.63, 3.8) is 0 Å². The predicted octanol–water partition coefficient (Wildman–Crippen LogP) is 2.40. The van der Waals surface area contributed by atoms with Crippen molar-refractivity contribution in [2.75, 3.05) is 6.61 Å².